The average Bonchev–Trinajstić information content (AvgIpc) is 3.48. The molecule has 1 fully saturated rings. The molecule has 2 radical (unpaired) electrons. The summed E-state index contributed by atoms with van der Waals surface area (Å²) in [4.78, 5) is 13.7. The van der Waals surface area contributed by atoms with E-state index in [1.165, 1.54) is 0 Å². The Balaban J connectivity index is 1.33. The normalized spacial score (nSPS) is 16.1. The van der Waals surface area contributed by atoms with Gasteiger partial charge in [0.1, 0.15) is 19.7 Å². The van der Waals surface area contributed by atoms with Crippen molar-refractivity contribution in [3.8, 4) is 28.1 Å². The van der Waals surface area contributed by atoms with Gasteiger partial charge in [0.05, 0.1) is 23.6 Å². The topological polar surface area (TPSA) is 77.2 Å². The Morgan fingerprint density at radius 2 is 1.97 bits per heavy atom. The lowest BCUT2D eigenvalue weighted by Crippen LogP contribution is -2.19. The number of hydrogen-bond donors (Lipinski definition) is 1. The Bertz CT molecular complexity index is 1430. The summed E-state index contributed by atoms with van der Waals surface area (Å²) in [6.07, 6.45) is 8.59. The van der Waals surface area contributed by atoms with Crippen molar-refractivity contribution in [3.63, 3.8) is 0 Å². The summed E-state index contributed by atoms with van der Waals surface area (Å²) in [6, 6.07) is 13.7. The van der Waals surface area contributed by atoms with E-state index in [1.807, 2.05) is 61.1 Å². The van der Waals surface area contributed by atoms with Crippen LogP contribution in [0.15, 0.2) is 67.3 Å². The number of benzene rings is 1. The Hall–Kier alpha value is -3.78. The maximum atomic E-state index is 5.96. The van der Waals surface area contributed by atoms with Gasteiger partial charge in [-0.05, 0) is 42.3 Å². The minimum Gasteiger partial charge on any atom is -0.487 e. The molecule has 1 unspecified atom stereocenters. The van der Waals surface area contributed by atoms with Crippen LogP contribution in [0.25, 0.3) is 38.9 Å². The van der Waals surface area contributed by atoms with Gasteiger partial charge in [-0.3, -0.25) is 9.97 Å². The molecule has 1 aromatic carbocycles. The molecule has 1 atom stereocenters. The molecule has 4 aromatic heterocycles. The van der Waals surface area contributed by atoms with Gasteiger partial charge in [0.15, 0.2) is 5.65 Å². The Kier molecular flexibility index (Phi) is 4.58. The lowest BCUT2D eigenvalue weighted by atomic mass is 9.99. The number of pyridine rings is 2. The summed E-state index contributed by atoms with van der Waals surface area (Å²) in [5.74, 6) is 0.781. The number of hydrogen-bond acceptors (Lipinski definition) is 6. The molecule has 1 aliphatic rings. The summed E-state index contributed by atoms with van der Waals surface area (Å²) in [7, 11) is 5.85. The number of nitrogens with zero attached hydrogens (tertiary/aromatic N) is 5. The first-order chi connectivity index (χ1) is 15.7. The fourth-order valence-electron chi connectivity index (χ4n) is 4.14. The van der Waals surface area contributed by atoms with Gasteiger partial charge < -0.3 is 10.1 Å². The van der Waals surface area contributed by atoms with Gasteiger partial charge in [-0.1, -0.05) is 24.3 Å². The molecule has 154 valence electrons. The SMILES string of the molecule is [B]c1ccc2c(-c3cnn4cc(-c5ccc(OC6CCNC6)cn5)cnc34)cccc2n1. The number of fused-ring (bicyclic) bond motifs is 2. The van der Waals surface area contributed by atoms with Crippen LogP contribution in [0.5, 0.6) is 5.75 Å². The number of ether oxygens (including phenoxy) is 1. The lowest BCUT2D eigenvalue weighted by molar-refractivity contribution is 0.222. The van der Waals surface area contributed by atoms with E-state index in [1.54, 1.807) is 10.7 Å². The van der Waals surface area contributed by atoms with Crippen molar-refractivity contribution in [2.45, 2.75) is 12.5 Å². The number of nitrogens with one attached hydrogen (secondary N) is 1. The van der Waals surface area contributed by atoms with E-state index in [2.05, 4.69) is 20.4 Å². The van der Waals surface area contributed by atoms with E-state index in [0.29, 0.717) is 5.59 Å². The average molecular weight is 418 g/mol. The van der Waals surface area contributed by atoms with Crippen molar-refractivity contribution in [1.29, 1.82) is 0 Å². The molecule has 0 bridgehead atoms. The molecule has 32 heavy (non-hydrogen) atoms. The van der Waals surface area contributed by atoms with E-state index < -0.39 is 0 Å². The van der Waals surface area contributed by atoms with Crippen LogP contribution < -0.4 is 15.6 Å². The standard InChI is InChI=1S/C24H19BN6O/c25-23-7-5-19-18(2-1-3-22(19)30-23)20-13-29-31-14-15(10-28-24(20)31)21-6-4-16(12-27-21)32-17-8-9-26-11-17/h1-7,10,12-14,17,26H,8-9,11H2. The van der Waals surface area contributed by atoms with Gasteiger partial charge in [-0.15, -0.1) is 0 Å². The van der Waals surface area contributed by atoms with E-state index >= 15 is 0 Å². The van der Waals surface area contributed by atoms with E-state index in [4.69, 9.17) is 17.6 Å². The maximum absolute atomic E-state index is 5.96. The second kappa shape index (κ2) is 7.73. The molecule has 1 N–H and O–H groups in total. The molecule has 1 saturated heterocycles. The van der Waals surface area contributed by atoms with Crippen LogP contribution in [0.3, 0.4) is 0 Å². The van der Waals surface area contributed by atoms with Crippen LogP contribution in [0.2, 0.25) is 0 Å². The smallest absolute Gasteiger partial charge is 0.162 e. The van der Waals surface area contributed by atoms with Gasteiger partial charge in [-0.25, -0.2) is 9.50 Å². The van der Waals surface area contributed by atoms with Crippen molar-refractivity contribution in [1.82, 2.24) is 29.9 Å². The molecule has 8 heteroatoms. The van der Waals surface area contributed by atoms with Crippen molar-refractivity contribution in [2.75, 3.05) is 13.1 Å². The van der Waals surface area contributed by atoms with Gasteiger partial charge in [0.25, 0.3) is 0 Å². The molecule has 7 nitrogen and oxygen atoms in total. The van der Waals surface area contributed by atoms with Crippen molar-refractivity contribution < 1.29 is 4.74 Å². The highest BCUT2D eigenvalue weighted by atomic mass is 16.5. The summed E-state index contributed by atoms with van der Waals surface area (Å²) in [5.41, 5.74) is 5.78. The van der Waals surface area contributed by atoms with Crippen LogP contribution in [0.1, 0.15) is 6.42 Å². The zero-order valence-corrected chi connectivity index (χ0v) is 17.3. The monoisotopic (exact) mass is 418 g/mol. The summed E-state index contributed by atoms with van der Waals surface area (Å²) in [5, 5.41) is 8.85. The van der Waals surface area contributed by atoms with Crippen LogP contribution >= 0.6 is 0 Å². The molecular formula is C24H19BN6O. The van der Waals surface area contributed by atoms with E-state index in [9.17, 15) is 0 Å². The third-order valence-electron chi connectivity index (χ3n) is 5.75. The zero-order chi connectivity index (χ0) is 21.5. The third-order valence-corrected chi connectivity index (χ3v) is 5.75. The van der Waals surface area contributed by atoms with Gasteiger partial charge >= 0.3 is 0 Å². The molecule has 1 aliphatic heterocycles. The second-order valence-electron chi connectivity index (χ2n) is 7.89. The van der Waals surface area contributed by atoms with Crippen LogP contribution in [-0.4, -0.2) is 51.6 Å². The highest BCUT2D eigenvalue weighted by Crippen LogP contribution is 2.30. The summed E-state index contributed by atoms with van der Waals surface area (Å²) >= 11 is 0. The van der Waals surface area contributed by atoms with Crippen LogP contribution in [0, 0.1) is 0 Å². The first-order valence-corrected chi connectivity index (χ1v) is 10.6. The number of rotatable bonds is 4. The fraction of sp³-hybridized carbons (Fsp3) is 0.167. The molecule has 0 aliphatic carbocycles. The lowest BCUT2D eigenvalue weighted by Gasteiger charge is -2.12. The van der Waals surface area contributed by atoms with Gasteiger partial charge in [0, 0.05) is 35.5 Å². The fourth-order valence-corrected chi connectivity index (χ4v) is 4.14. The third kappa shape index (κ3) is 3.38. The summed E-state index contributed by atoms with van der Waals surface area (Å²) < 4.78 is 7.74. The van der Waals surface area contributed by atoms with Crippen molar-refractivity contribution in [3.05, 3.63) is 67.3 Å². The molecule has 6 rings (SSSR count). The molecule has 5 heterocycles. The zero-order valence-electron chi connectivity index (χ0n) is 17.3. The Morgan fingerprint density at radius 1 is 1.00 bits per heavy atom. The minimum absolute atomic E-state index is 0.212. The largest absolute Gasteiger partial charge is 0.487 e. The molecule has 0 saturated carbocycles. The van der Waals surface area contributed by atoms with E-state index in [-0.39, 0.29) is 6.10 Å². The predicted molar refractivity (Wildman–Crippen MR) is 124 cm³/mol. The highest BCUT2D eigenvalue weighted by Gasteiger charge is 2.16. The second-order valence-corrected chi connectivity index (χ2v) is 7.89. The Labute approximate surface area is 185 Å². The maximum Gasteiger partial charge on any atom is 0.162 e. The molecule has 0 spiro atoms. The minimum atomic E-state index is 0.212. The molecule has 5 aromatic rings. The van der Waals surface area contributed by atoms with Gasteiger partial charge in [-0.2, -0.15) is 5.10 Å². The van der Waals surface area contributed by atoms with Crippen LogP contribution in [-0.2, 0) is 0 Å². The molecular weight excluding hydrogens is 399 g/mol. The van der Waals surface area contributed by atoms with Crippen LogP contribution in [0.4, 0.5) is 0 Å². The predicted octanol–water partition coefficient (Wildman–Crippen LogP) is 2.54. The highest BCUT2D eigenvalue weighted by molar-refractivity contribution is 6.31. The van der Waals surface area contributed by atoms with E-state index in [0.717, 1.165) is 64.2 Å². The first kappa shape index (κ1) is 19.0. The van der Waals surface area contributed by atoms with Gasteiger partial charge in [0.2, 0.25) is 0 Å². The Morgan fingerprint density at radius 3 is 2.81 bits per heavy atom. The van der Waals surface area contributed by atoms with Crippen molar-refractivity contribution >= 4 is 30.0 Å². The van der Waals surface area contributed by atoms with Crippen molar-refractivity contribution in [2.24, 2.45) is 0 Å². The molecule has 0 amide bonds. The number of aromatic nitrogens is 5. The first-order valence-electron chi connectivity index (χ1n) is 10.6. The summed E-state index contributed by atoms with van der Waals surface area (Å²) in [6.45, 7) is 1.88. The quantitative estimate of drug-likeness (QED) is 0.452.